The SMILES string of the molecule is CC1CC(C)C(Sc2nnnn2C2CCCC2)C(N)C1. The van der Waals surface area contributed by atoms with Gasteiger partial charge in [0.05, 0.1) is 6.04 Å². The average Bonchev–Trinajstić information content (AvgIpc) is 3.04. The summed E-state index contributed by atoms with van der Waals surface area (Å²) in [5.41, 5.74) is 6.38. The highest BCUT2D eigenvalue weighted by Gasteiger charge is 2.34. The molecule has 0 bridgehead atoms. The van der Waals surface area contributed by atoms with Gasteiger partial charge in [-0.05, 0) is 47.9 Å². The molecule has 0 aromatic carbocycles. The third-order valence-corrected chi connectivity index (χ3v) is 6.37. The van der Waals surface area contributed by atoms with Crippen molar-refractivity contribution in [1.82, 2.24) is 20.2 Å². The normalized spacial score (nSPS) is 35.5. The summed E-state index contributed by atoms with van der Waals surface area (Å²) in [4.78, 5) is 0. The van der Waals surface area contributed by atoms with Crippen LogP contribution in [0.3, 0.4) is 0 Å². The van der Waals surface area contributed by atoms with Crippen LogP contribution in [0.5, 0.6) is 0 Å². The second-order valence-corrected chi connectivity index (χ2v) is 7.79. The molecule has 0 spiro atoms. The Hall–Kier alpha value is -0.620. The second-order valence-electron chi connectivity index (χ2n) is 6.64. The van der Waals surface area contributed by atoms with Gasteiger partial charge in [-0.3, -0.25) is 0 Å². The first-order chi connectivity index (χ1) is 9.65. The van der Waals surface area contributed by atoms with Crippen molar-refractivity contribution in [1.29, 1.82) is 0 Å². The van der Waals surface area contributed by atoms with Crippen molar-refractivity contribution in [3.63, 3.8) is 0 Å². The Morgan fingerprint density at radius 3 is 2.65 bits per heavy atom. The van der Waals surface area contributed by atoms with Gasteiger partial charge in [0.2, 0.25) is 5.16 Å². The topological polar surface area (TPSA) is 69.6 Å². The molecule has 3 rings (SSSR count). The van der Waals surface area contributed by atoms with E-state index in [9.17, 15) is 0 Å². The molecule has 0 saturated heterocycles. The lowest BCUT2D eigenvalue weighted by Gasteiger charge is -2.36. The van der Waals surface area contributed by atoms with Crippen molar-refractivity contribution in [2.45, 2.75) is 74.9 Å². The molecule has 0 aliphatic heterocycles. The van der Waals surface area contributed by atoms with Crippen LogP contribution in [0.2, 0.25) is 0 Å². The molecule has 0 amide bonds. The van der Waals surface area contributed by atoms with E-state index in [1.165, 1.54) is 32.1 Å². The van der Waals surface area contributed by atoms with Gasteiger partial charge in [-0.1, -0.05) is 38.5 Å². The molecule has 2 aliphatic rings. The maximum atomic E-state index is 6.38. The van der Waals surface area contributed by atoms with Crippen molar-refractivity contribution in [3.8, 4) is 0 Å². The highest BCUT2D eigenvalue weighted by atomic mass is 32.2. The smallest absolute Gasteiger partial charge is 0.209 e. The molecular formula is C14H25N5S. The van der Waals surface area contributed by atoms with Crippen molar-refractivity contribution in [2.24, 2.45) is 17.6 Å². The number of nitrogens with two attached hydrogens (primary N) is 1. The number of thioether (sulfide) groups is 1. The van der Waals surface area contributed by atoms with Crippen LogP contribution in [0.25, 0.3) is 0 Å². The van der Waals surface area contributed by atoms with Crippen molar-refractivity contribution in [3.05, 3.63) is 0 Å². The Kier molecular flexibility index (Phi) is 4.31. The Labute approximate surface area is 125 Å². The number of aromatic nitrogens is 4. The third-order valence-electron chi connectivity index (χ3n) is 4.81. The zero-order chi connectivity index (χ0) is 14.1. The standard InChI is InChI=1S/C14H25N5S/c1-9-7-10(2)13(12(15)8-9)20-14-16-17-18-19(14)11-5-3-4-6-11/h9-13H,3-8,15H2,1-2H3. The summed E-state index contributed by atoms with van der Waals surface area (Å²) in [6, 6.07) is 0.758. The lowest BCUT2D eigenvalue weighted by molar-refractivity contribution is 0.278. The van der Waals surface area contributed by atoms with Gasteiger partial charge in [-0.25, -0.2) is 4.68 Å². The maximum absolute atomic E-state index is 6.38. The predicted molar refractivity (Wildman–Crippen MR) is 80.5 cm³/mol. The van der Waals surface area contributed by atoms with Crippen LogP contribution in [0.15, 0.2) is 5.16 Å². The van der Waals surface area contributed by atoms with Gasteiger partial charge in [-0.2, -0.15) is 0 Å². The van der Waals surface area contributed by atoms with Gasteiger partial charge in [-0.15, -0.1) is 5.10 Å². The van der Waals surface area contributed by atoms with Crippen molar-refractivity contribution in [2.75, 3.05) is 0 Å². The zero-order valence-electron chi connectivity index (χ0n) is 12.4. The average molecular weight is 295 g/mol. The Morgan fingerprint density at radius 2 is 1.95 bits per heavy atom. The largest absolute Gasteiger partial charge is 0.327 e. The molecule has 5 nitrogen and oxygen atoms in total. The summed E-state index contributed by atoms with van der Waals surface area (Å²) in [6.07, 6.45) is 7.39. The molecule has 2 fully saturated rings. The fourth-order valence-corrected chi connectivity index (χ4v) is 5.10. The van der Waals surface area contributed by atoms with Gasteiger partial charge in [0.1, 0.15) is 0 Å². The minimum Gasteiger partial charge on any atom is -0.327 e. The second kappa shape index (κ2) is 6.02. The molecule has 2 saturated carbocycles. The number of nitrogens with zero attached hydrogens (tertiary/aromatic N) is 4. The zero-order valence-corrected chi connectivity index (χ0v) is 13.2. The molecule has 112 valence electrons. The molecule has 1 aromatic heterocycles. The first-order valence-corrected chi connectivity index (χ1v) is 8.73. The van der Waals surface area contributed by atoms with Crippen LogP contribution in [0, 0.1) is 11.8 Å². The minimum absolute atomic E-state index is 0.257. The number of hydrogen-bond acceptors (Lipinski definition) is 5. The van der Waals surface area contributed by atoms with E-state index in [1.54, 1.807) is 11.8 Å². The fraction of sp³-hybridized carbons (Fsp3) is 0.929. The van der Waals surface area contributed by atoms with Crippen LogP contribution in [0.1, 0.15) is 58.4 Å². The molecule has 4 unspecified atom stereocenters. The first kappa shape index (κ1) is 14.3. The lowest BCUT2D eigenvalue weighted by Crippen LogP contribution is -2.43. The van der Waals surface area contributed by atoms with Crippen LogP contribution < -0.4 is 5.73 Å². The van der Waals surface area contributed by atoms with Gasteiger partial charge in [0, 0.05) is 11.3 Å². The van der Waals surface area contributed by atoms with Gasteiger partial charge >= 0.3 is 0 Å². The molecule has 1 heterocycles. The summed E-state index contributed by atoms with van der Waals surface area (Å²) >= 11 is 1.80. The molecule has 2 aliphatic carbocycles. The van der Waals surface area contributed by atoms with E-state index >= 15 is 0 Å². The summed E-state index contributed by atoms with van der Waals surface area (Å²) in [5.74, 6) is 1.37. The highest BCUT2D eigenvalue weighted by molar-refractivity contribution is 7.99. The Balaban J connectivity index is 1.72. The summed E-state index contributed by atoms with van der Waals surface area (Å²) < 4.78 is 2.05. The maximum Gasteiger partial charge on any atom is 0.209 e. The third kappa shape index (κ3) is 2.86. The molecule has 2 N–H and O–H groups in total. The Bertz CT molecular complexity index is 431. The van der Waals surface area contributed by atoms with E-state index in [2.05, 4.69) is 34.1 Å². The first-order valence-electron chi connectivity index (χ1n) is 7.85. The molecule has 4 atom stereocenters. The van der Waals surface area contributed by atoms with Crippen LogP contribution >= 0.6 is 11.8 Å². The molecular weight excluding hydrogens is 270 g/mol. The Morgan fingerprint density at radius 1 is 1.20 bits per heavy atom. The monoisotopic (exact) mass is 295 g/mol. The van der Waals surface area contributed by atoms with E-state index in [-0.39, 0.29) is 6.04 Å². The number of tetrazole rings is 1. The quantitative estimate of drug-likeness (QED) is 0.928. The van der Waals surface area contributed by atoms with Gasteiger partial charge < -0.3 is 5.73 Å². The summed E-state index contributed by atoms with van der Waals surface area (Å²) in [7, 11) is 0. The van der Waals surface area contributed by atoms with Crippen LogP contribution in [-0.2, 0) is 0 Å². The molecule has 0 radical (unpaired) electrons. The fourth-order valence-electron chi connectivity index (χ4n) is 3.85. The molecule has 20 heavy (non-hydrogen) atoms. The van der Waals surface area contributed by atoms with Crippen LogP contribution in [0.4, 0.5) is 0 Å². The van der Waals surface area contributed by atoms with E-state index < -0.39 is 0 Å². The molecule has 6 heteroatoms. The van der Waals surface area contributed by atoms with E-state index in [0.29, 0.717) is 17.2 Å². The summed E-state index contributed by atoms with van der Waals surface area (Å²) in [6.45, 7) is 4.62. The van der Waals surface area contributed by atoms with E-state index in [4.69, 9.17) is 5.73 Å². The van der Waals surface area contributed by atoms with Crippen molar-refractivity contribution >= 4 is 11.8 Å². The lowest BCUT2D eigenvalue weighted by atomic mass is 9.80. The van der Waals surface area contributed by atoms with Crippen LogP contribution in [-0.4, -0.2) is 31.5 Å². The summed E-state index contributed by atoms with van der Waals surface area (Å²) in [5, 5.41) is 13.8. The number of rotatable bonds is 3. The molecule has 1 aromatic rings. The van der Waals surface area contributed by atoms with E-state index in [0.717, 1.165) is 17.5 Å². The number of hydrogen-bond donors (Lipinski definition) is 1. The highest BCUT2D eigenvalue weighted by Crippen LogP contribution is 2.39. The van der Waals surface area contributed by atoms with E-state index in [1.807, 2.05) is 0 Å². The van der Waals surface area contributed by atoms with Crippen molar-refractivity contribution < 1.29 is 0 Å². The predicted octanol–water partition coefficient (Wildman–Crippen LogP) is 2.64. The van der Waals surface area contributed by atoms with Gasteiger partial charge in [0.25, 0.3) is 0 Å². The minimum atomic E-state index is 0.257. The van der Waals surface area contributed by atoms with Gasteiger partial charge in [0.15, 0.2) is 0 Å².